The molecule has 0 saturated heterocycles. The smallest absolute Gasteiger partial charge is 0.274 e. The van der Waals surface area contributed by atoms with Crippen LogP contribution in [0.2, 0.25) is 0 Å². The highest BCUT2D eigenvalue weighted by Gasteiger charge is 2.11. The molecule has 0 fully saturated rings. The number of carbonyl (C=O) groups excluding carboxylic acids is 2. The Hall–Kier alpha value is -4.52. The van der Waals surface area contributed by atoms with E-state index in [-0.39, 0.29) is 17.5 Å². The van der Waals surface area contributed by atoms with E-state index in [2.05, 4.69) is 52.6 Å². The van der Waals surface area contributed by atoms with E-state index in [1.54, 1.807) is 55.7 Å². The first kappa shape index (κ1) is 22.7. The zero-order valence-corrected chi connectivity index (χ0v) is 19.1. The van der Waals surface area contributed by atoms with Gasteiger partial charge in [-0.15, -0.1) is 0 Å². The number of hydrogen-bond donors (Lipinski definition) is 2. The number of hydrogen-bond acceptors (Lipinski definition) is 5. The number of amides is 2. The number of rotatable bonds is 6. The van der Waals surface area contributed by atoms with E-state index < -0.39 is 0 Å². The molecule has 7 heteroatoms. The van der Waals surface area contributed by atoms with Crippen molar-refractivity contribution in [3.8, 4) is 22.6 Å². The molecule has 2 N–H and O–H groups in total. The third-order valence-corrected chi connectivity index (χ3v) is 5.22. The fourth-order valence-electron chi connectivity index (χ4n) is 3.52. The molecular weight excluding hydrogens is 428 g/mol. The van der Waals surface area contributed by atoms with Gasteiger partial charge in [-0.25, -0.2) is 0 Å². The monoisotopic (exact) mass is 452 g/mol. The number of carbonyl (C=O) groups is 2. The molecule has 2 heterocycles. The standard InChI is InChI=1S/C27H24N4O3/c1-17-4-9-23(18(2)14-17)19-10-12-29-24(15-19)27(33)31-20-5-7-21(8-6-20)34-22-11-13-30-25(16-22)26(32)28-3/h4-16H,1-3H3,(H,28,32)(H,31,33). The van der Waals surface area contributed by atoms with Gasteiger partial charge in [-0.3, -0.25) is 19.6 Å². The zero-order chi connectivity index (χ0) is 24.1. The molecule has 0 aliphatic carbocycles. The van der Waals surface area contributed by atoms with Crippen molar-refractivity contribution >= 4 is 17.5 Å². The van der Waals surface area contributed by atoms with Crippen LogP contribution in [0.5, 0.6) is 11.5 Å². The number of ether oxygens (including phenoxy) is 1. The van der Waals surface area contributed by atoms with E-state index in [4.69, 9.17) is 4.74 Å². The number of aromatic nitrogens is 2. The van der Waals surface area contributed by atoms with Gasteiger partial charge in [0.25, 0.3) is 11.8 Å². The highest BCUT2D eigenvalue weighted by molar-refractivity contribution is 6.03. The number of nitrogens with zero attached hydrogens (tertiary/aromatic N) is 2. The maximum Gasteiger partial charge on any atom is 0.274 e. The van der Waals surface area contributed by atoms with Crippen molar-refractivity contribution in [2.24, 2.45) is 0 Å². The summed E-state index contributed by atoms with van der Waals surface area (Å²) in [5.74, 6) is 0.447. The van der Waals surface area contributed by atoms with Crippen molar-refractivity contribution in [1.82, 2.24) is 15.3 Å². The first-order valence-electron chi connectivity index (χ1n) is 10.7. The highest BCUT2D eigenvalue weighted by atomic mass is 16.5. The molecule has 170 valence electrons. The second-order valence-corrected chi connectivity index (χ2v) is 7.78. The van der Waals surface area contributed by atoms with Crippen LogP contribution in [0, 0.1) is 13.8 Å². The Morgan fingerprint density at radius 2 is 1.47 bits per heavy atom. The van der Waals surface area contributed by atoms with E-state index in [0.717, 1.165) is 16.7 Å². The van der Waals surface area contributed by atoms with Gasteiger partial charge in [-0.2, -0.15) is 0 Å². The summed E-state index contributed by atoms with van der Waals surface area (Å²) < 4.78 is 5.80. The summed E-state index contributed by atoms with van der Waals surface area (Å²) in [5.41, 5.74) is 5.54. The molecule has 7 nitrogen and oxygen atoms in total. The molecule has 2 aromatic heterocycles. The molecule has 2 aromatic carbocycles. The van der Waals surface area contributed by atoms with Crippen LogP contribution < -0.4 is 15.4 Å². The normalized spacial score (nSPS) is 10.4. The maximum atomic E-state index is 12.8. The lowest BCUT2D eigenvalue weighted by Gasteiger charge is -2.10. The minimum absolute atomic E-state index is 0.263. The summed E-state index contributed by atoms with van der Waals surface area (Å²) in [4.78, 5) is 32.8. The topological polar surface area (TPSA) is 93.2 Å². The van der Waals surface area contributed by atoms with E-state index in [0.29, 0.717) is 22.9 Å². The summed E-state index contributed by atoms with van der Waals surface area (Å²) >= 11 is 0. The van der Waals surface area contributed by atoms with Gasteiger partial charge in [0, 0.05) is 31.2 Å². The van der Waals surface area contributed by atoms with Gasteiger partial charge in [0.2, 0.25) is 0 Å². The fraction of sp³-hybridized carbons (Fsp3) is 0.111. The van der Waals surface area contributed by atoms with Crippen molar-refractivity contribution in [3.05, 3.63) is 102 Å². The number of nitrogens with one attached hydrogen (secondary N) is 2. The Kier molecular flexibility index (Phi) is 6.64. The molecule has 0 aliphatic heterocycles. The Morgan fingerprint density at radius 1 is 0.765 bits per heavy atom. The van der Waals surface area contributed by atoms with E-state index in [1.807, 2.05) is 6.07 Å². The summed E-state index contributed by atoms with van der Waals surface area (Å²) in [6.07, 6.45) is 3.15. The summed E-state index contributed by atoms with van der Waals surface area (Å²) in [7, 11) is 1.54. The van der Waals surface area contributed by atoms with Crippen LogP contribution in [-0.2, 0) is 0 Å². The summed E-state index contributed by atoms with van der Waals surface area (Å²) in [6, 6.07) is 20.1. The molecular formula is C27H24N4O3. The van der Waals surface area contributed by atoms with Crippen LogP contribution in [0.25, 0.3) is 11.1 Å². The van der Waals surface area contributed by atoms with Crippen LogP contribution in [0.1, 0.15) is 32.1 Å². The van der Waals surface area contributed by atoms with Crippen molar-refractivity contribution < 1.29 is 14.3 Å². The van der Waals surface area contributed by atoms with Gasteiger partial charge < -0.3 is 15.4 Å². The number of aryl methyl sites for hydroxylation is 2. The molecule has 0 bridgehead atoms. The molecule has 4 rings (SSSR count). The largest absolute Gasteiger partial charge is 0.457 e. The van der Waals surface area contributed by atoms with Crippen molar-refractivity contribution in [2.45, 2.75) is 13.8 Å². The van der Waals surface area contributed by atoms with Crippen LogP contribution in [0.15, 0.2) is 79.1 Å². The van der Waals surface area contributed by atoms with Crippen molar-refractivity contribution in [1.29, 1.82) is 0 Å². The first-order chi connectivity index (χ1) is 16.4. The molecule has 0 radical (unpaired) electrons. The minimum Gasteiger partial charge on any atom is -0.457 e. The van der Waals surface area contributed by atoms with Gasteiger partial charge in [-0.1, -0.05) is 23.8 Å². The quantitative estimate of drug-likeness (QED) is 0.421. The van der Waals surface area contributed by atoms with Gasteiger partial charge in [-0.05, 0) is 73.0 Å². The Labute approximate surface area is 197 Å². The molecule has 0 aliphatic rings. The molecule has 34 heavy (non-hydrogen) atoms. The lowest BCUT2D eigenvalue weighted by Crippen LogP contribution is -2.18. The molecule has 0 saturated carbocycles. The lowest BCUT2D eigenvalue weighted by atomic mass is 9.99. The molecule has 0 atom stereocenters. The number of anilines is 1. The zero-order valence-electron chi connectivity index (χ0n) is 19.1. The van der Waals surface area contributed by atoms with Gasteiger partial charge in [0.1, 0.15) is 22.9 Å². The Balaban J connectivity index is 1.45. The second kappa shape index (κ2) is 9.95. The molecule has 4 aromatic rings. The Morgan fingerprint density at radius 3 is 2.18 bits per heavy atom. The van der Waals surface area contributed by atoms with Gasteiger partial charge >= 0.3 is 0 Å². The van der Waals surface area contributed by atoms with Crippen molar-refractivity contribution in [2.75, 3.05) is 12.4 Å². The molecule has 2 amide bonds. The van der Waals surface area contributed by atoms with Crippen LogP contribution in [0.3, 0.4) is 0 Å². The highest BCUT2D eigenvalue weighted by Crippen LogP contribution is 2.26. The predicted octanol–water partition coefficient (Wildman–Crippen LogP) is 5.16. The average molecular weight is 453 g/mol. The first-order valence-corrected chi connectivity index (χ1v) is 10.7. The van der Waals surface area contributed by atoms with E-state index in [1.165, 1.54) is 11.8 Å². The maximum absolute atomic E-state index is 12.8. The van der Waals surface area contributed by atoms with E-state index >= 15 is 0 Å². The second-order valence-electron chi connectivity index (χ2n) is 7.78. The summed E-state index contributed by atoms with van der Waals surface area (Å²) in [6.45, 7) is 4.11. The average Bonchev–Trinajstić information content (AvgIpc) is 2.85. The molecule has 0 spiro atoms. The number of pyridine rings is 2. The van der Waals surface area contributed by atoms with E-state index in [9.17, 15) is 9.59 Å². The SMILES string of the molecule is CNC(=O)c1cc(Oc2ccc(NC(=O)c3cc(-c4ccc(C)cc4C)ccn3)cc2)ccn1. The van der Waals surface area contributed by atoms with Gasteiger partial charge in [0.15, 0.2) is 0 Å². The lowest BCUT2D eigenvalue weighted by molar-refractivity contribution is 0.0957. The fourth-order valence-corrected chi connectivity index (χ4v) is 3.52. The third kappa shape index (κ3) is 5.27. The van der Waals surface area contributed by atoms with Crippen molar-refractivity contribution in [3.63, 3.8) is 0 Å². The number of benzene rings is 2. The molecule has 0 unspecified atom stereocenters. The predicted molar refractivity (Wildman–Crippen MR) is 131 cm³/mol. The Bertz CT molecular complexity index is 1350. The van der Waals surface area contributed by atoms with Crippen LogP contribution >= 0.6 is 0 Å². The minimum atomic E-state index is -0.301. The summed E-state index contributed by atoms with van der Waals surface area (Å²) in [5, 5.41) is 5.39. The van der Waals surface area contributed by atoms with Gasteiger partial charge in [0.05, 0.1) is 0 Å². The third-order valence-electron chi connectivity index (χ3n) is 5.22. The van der Waals surface area contributed by atoms with Crippen LogP contribution in [0.4, 0.5) is 5.69 Å². The van der Waals surface area contributed by atoms with Crippen LogP contribution in [-0.4, -0.2) is 28.8 Å².